The predicted molar refractivity (Wildman–Crippen MR) is 95.3 cm³/mol. The smallest absolute Gasteiger partial charge is 0.218 e. The lowest BCUT2D eigenvalue weighted by Gasteiger charge is -2.36. The average Bonchev–Trinajstić information content (AvgIpc) is 2.57. The molecule has 1 aliphatic heterocycles. The minimum absolute atomic E-state index is 0.157. The quantitative estimate of drug-likeness (QED) is 0.807. The molecule has 0 N–H and O–H groups in total. The second-order valence-corrected chi connectivity index (χ2v) is 8.53. The molecule has 0 aromatic heterocycles. The second kappa shape index (κ2) is 7.41. The third kappa shape index (κ3) is 4.39. The van der Waals surface area contributed by atoms with E-state index in [4.69, 9.17) is 16.3 Å². The molecule has 0 spiro atoms. The molecule has 0 radical (unpaired) electrons. The van der Waals surface area contributed by atoms with Crippen molar-refractivity contribution >= 4 is 21.6 Å². The molecule has 7 heteroatoms. The molecule has 0 saturated carbocycles. The molecule has 1 heterocycles. The van der Waals surface area contributed by atoms with Crippen LogP contribution in [0, 0.1) is 5.82 Å². The molecule has 1 aliphatic rings. The van der Waals surface area contributed by atoms with Crippen molar-refractivity contribution in [2.45, 2.75) is 24.9 Å². The van der Waals surface area contributed by atoms with Crippen molar-refractivity contribution in [3.8, 4) is 0 Å². The van der Waals surface area contributed by atoms with Crippen LogP contribution in [0.4, 0.5) is 4.39 Å². The van der Waals surface area contributed by atoms with Crippen LogP contribution in [0.3, 0.4) is 0 Å². The third-order valence-electron chi connectivity index (χ3n) is 4.16. The summed E-state index contributed by atoms with van der Waals surface area (Å²) in [4.78, 5) is 0. The monoisotopic (exact) mass is 383 g/mol. The molecule has 134 valence electrons. The largest absolute Gasteiger partial charge is 0.368 e. The normalized spacial score (nSPS) is 22.0. The van der Waals surface area contributed by atoms with E-state index in [9.17, 15) is 12.8 Å². The van der Waals surface area contributed by atoms with Crippen molar-refractivity contribution in [3.05, 3.63) is 70.5 Å². The molecule has 3 rings (SSSR count). The molecular formula is C18H19ClFNO3S. The number of hydrogen-bond acceptors (Lipinski definition) is 3. The lowest BCUT2D eigenvalue weighted by Crippen LogP contribution is -2.46. The van der Waals surface area contributed by atoms with Crippen molar-refractivity contribution in [3.63, 3.8) is 0 Å². The van der Waals surface area contributed by atoms with Gasteiger partial charge in [0.05, 0.1) is 18.0 Å². The Kier molecular flexibility index (Phi) is 5.43. The van der Waals surface area contributed by atoms with Crippen molar-refractivity contribution in [2.75, 3.05) is 13.1 Å². The van der Waals surface area contributed by atoms with E-state index in [-0.39, 0.29) is 30.8 Å². The molecule has 1 fully saturated rings. The standard InChI is InChI=1S/C18H19ClFNO3S/c1-13-10-21(11-18(24-13)14-6-8-16(20)9-7-14)25(22,23)12-15-4-2-3-5-17(15)19/h2-9,13,18H,10-12H2,1H3. The van der Waals surface area contributed by atoms with Crippen LogP contribution >= 0.6 is 11.6 Å². The van der Waals surface area contributed by atoms with Crippen LogP contribution in [-0.4, -0.2) is 31.9 Å². The van der Waals surface area contributed by atoms with E-state index in [1.165, 1.54) is 16.4 Å². The Morgan fingerprint density at radius 3 is 2.52 bits per heavy atom. The summed E-state index contributed by atoms with van der Waals surface area (Å²) in [5.74, 6) is -0.494. The summed E-state index contributed by atoms with van der Waals surface area (Å²) in [5, 5.41) is 0.433. The Morgan fingerprint density at radius 1 is 1.16 bits per heavy atom. The molecular weight excluding hydrogens is 365 g/mol. The minimum atomic E-state index is -3.55. The molecule has 25 heavy (non-hydrogen) atoms. The number of sulfonamides is 1. The molecule has 1 saturated heterocycles. The van der Waals surface area contributed by atoms with Crippen LogP contribution in [0.15, 0.2) is 48.5 Å². The predicted octanol–water partition coefficient (Wildman–Crippen LogP) is 3.77. The summed E-state index contributed by atoms with van der Waals surface area (Å²) in [6.07, 6.45) is -0.685. The number of hydrogen-bond donors (Lipinski definition) is 0. The molecule has 2 aromatic rings. The van der Waals surface area contributed by atoms with Gasteiger partial charge >= 0.3 is 0 Å². The summed E-state index contributed by atoms with van der Waals surface area (Å²) in [7, 11) is -3.55. The van der Waals surface area contributed by atoms with E-state index >= 15 is 0 Å². The van der Waals surface area contributed by atoms with Gasteiger partial charge in [-0.25, -0.2) is 12.8 Å². The molecule has 2 aromatic carbocycles. The van der Waals surface area contributed by atoms with Crippen LogP contribution in [0.5, 0.6) is 0 Å². The lowest BCUT2D eigenvalue weighted by molar-refractivity contribution is -0.0557. The Morgan fingerprint density at radius 2 is 1.84 bits per heavy atom. The maximum atomic E-state index is 13.1. The fourth-order valence-electron chi connectivity index (χ4n) is 2.90. The maximum absolute atomic E-state index is 13.1. The molecule has 0 bridgehead atoms. The van der Waals surface area contributed by atoms with E-state index in [1.54, 1.807) is 36.4 Å². The molecule has 2 unspecified atom stereocenters. The van der Waals surface area contributed by atoms with Crippen molar-refractivity contribution in [1.82, 2.24) is 4.31 Å². The maximum Gasteiger partial charge on any atom is 0.218 e. The Labute approximate surface area is 152 Å². The summed E-state index contributed by atoms with van der Waals surface area (Å²) in [6, 6.07) is 12.9. The van der Waals surface area contributed by atoms with E-state index < -0.39 is 16.1 Å². The summed E-state index contributed by atoms with van der Waals surface area (Å²) in [6.45, 7) is 2.31. The minimum Gasteiger partial charge on any atom is -0.368 e. The number of nitrogens with zero attached hydrogens (tertiary/aromatic N) is 1. The molecule has 0 aliphatic carbocycles. The number of morpholine rings is 1. The van der Waals surface area contributed by atoms with Crippen molar-refractivity contribution in [1.29, 1.82) is 0 Å². The van der Waals surface area contributed by atoms with Gasteiger partial charge in [-0.3, -0.25) is 0 Å². The van der Waals surface area contributed by atoms with Crippen LogP contribution in [0.25, 0.3) is 0 Å². The van der Waals surface area contributed by atoms with E-state index in [2.05, 4.69) is 0 Å². The highest BCUT2D eigenvalue weighted by molar-refractivity contribution is 7.88. The summed E-state index contributed by atoms with van der Waals surface area (Å²) >= 11 is 6.09. The van der Waals surface area contributed by atoms with E-state index in [0.29, 0.717) is 10.6 Å². The Hall–Kier alpha value is -1.47. The van der Waals surface area contributed by atoms with Crippen LogP contribution in [-0.2, 0) is 20.5 Å². The number of halogens is 2. The fraction of sp³-hybridized carbons (Fsp3) is 0.333. The van der Waals surface area contributed by atoms with Gasteiger partial charge in [-0.2, -0.15) is 4.31 Å². The Balaban J connectivity index is 1.80. The first-order valence-electron chi connectivity index (χ1n) is 7.97. The number of benzene rings is 2. The van der Waals surface area contributed by atoms with Gasteiger partial charge in [0.1, 0.15) is 5.82 Å². The zero-order chi connectivity index (χ0) is 18.0. The second-order valence-electron chi connectivity index (χ2n) is 6.15. The van der Waals surface area contributed by atoms with Crippen LogP contribution in [0.1, 0.15) is 24.2 Å². The fourth-order valence-corrected chi connectivity index (χ4v) is 4.81. The van der Waals surface area contributed by atoms with E-state index in [1.807, 2.05) is 6.92 Å². The van der Waals surface area contributed by atoms with Gasteiger partial charge in [0.25, 0.3) is 0 Å². The highest BCUT2D eigenvalue weighted by atomic mass is 35.5. The van der Waals surface area contributed by atoms with Gasteiger partial charge in [-0.15, -0.1) is 0 Å². The number of ether oxygens (including phenoxy) is 1. The summed E-state index contributed by atoms with van der Waals surface area (Å²) in [5.41, 5.74) is 1.33. The van der Waals surface area contributed by atoms with E-state index in [0.717, 1.165) is 5.56 Å². The zero-order valence-electron chi connectivity index (χ0n) is 13.7. The van der Waals surface area contributed by atoms with Gasteiger partial charge in [0, 0.05) is 18.1 Å². The van der Waals surface area contributed by atoms with Crippen LogP contribution < -0.4 is 0 Å². The third-order valence-corrected chi connectivity index (χ3v) is 6.29. The topological polar surface area (TPSA) is 46.6 Å². The molecule has 2 atom stereocenters. The van der Waals surface area contributed by atoms with Crippen molar-refractivity contribution < 1.29 is 17.5 Å². The number of rotatable bonds is 4. The average molecular weight is 384 g/mol. The highest BCUT2D eigenvalue weighted by Crippen LogP contribution is 2.28. The van der Waals surface area contributed by atoms with Gasteiger partial charge in [0.2, 0.25) is 10.0 Å². The molecule has 0 amide bonds. The first-order valence-corrected chi connectivity index (χ1v) is 9.96. The van der Waals surface area contributed by atoms with Gasteiger partial charge in [-0.05, 0) is 36.2 Å². The van der Waals surface area contributed by atoms with Crippen LogP contribution in [0.2, 0.25) is 5.02 Å². The first kappa shape index (κ1) is 18.3. The highest BCUT2D eigenvalue weighted by Gasteiger charge is 2.33. The van der Waals surface area contributed by atoms with Crippen molar-refractivity contribution in [2.24, 2.45) is 0 Å². The van der Waals surface area contributed by atoms with Gasteiger partial charge in [-0.1, -0.05) is 41.9 Å². The van der Waals surface area contributed by atoms with Gasteiger partial charge in [0.15, 0.2) is 0 Å². The first-order chi connectivity index (χ1) is 11.8. The summed E-state index contributed by atoms with van der Waals surface area (Å²) < 4.78 is 46.1. The SMILES string of the molecule is CC1CN(S(=O)(=O)Cc2ccccc2Cl)CC(c2ccc(F)cc2)O1. The van der Waals surface area contributed by atoms with Gasteiger partial charge < -0.3 is 4.74 Å². The molecule has 4 nitrogen and oxygen atoms in total. The lowest BCUT2D eigenvalue weighted by atomic mass is 10.1. The Bertz CT molecular complexity index is 842. The zero-order valence-corrected chi connectivity index (χ0v) is 15.3.